The second-order valence-electron chi connectivity index (χ2n) is 8.48. The zero-order chi connectivity index (χ0) is 23.5. The Morgan fingerprint density at radius 1 is 1.28 bits per heavy atom. The first-order chi connectivity index (χ1) is 15.0. The Kier molecular flexibility index (Phi) is 6.97. The lowest BCUT2D eigenvalue weighted by Gasteiger charge is -2.38. The van der Waals surface area contributed by atoms with E-state index in [4.69, 9.17) is 9.47 Å². The number of benzene rings is 2. The number of para-hydroxylation sites is 1. The van der Waals surface area contributed by atoms with Crippen molar-refractivity contribution in [2.24, 2.45) is 0 Å². The van der Waals surface area contributed by atoms with Crippen molar-refractivity contribution in [1.29, 1.82) is 0 Å². The predicted molar refractivity (Wildman–Crippen MR) is 121 cm³/mol. The lowest BCUT2D eigenvalue weighted by atomic mass is 9.89. The highest BCUT2D eigenvalue weighted by molar-refractivity contribution is 7.92. The normalized spacial score (nSPS) is 17.1. The number of hydrogen-bond donors (Lipinski definition) is 1. The molecule has 0 spiro atoms. The summed E-state index contributed by atoms with van der Waals surface area (Å²) in [6, 6.07) is 10.9. The largest absolute Gasteiger partial charge is 0.497 e. The number of amides is 1. The summed E-state index contributed by atoms with van der Waals surface area (Å²) in [4.78, 5) is 12.7. The third-order valence-corrected chi connectivity index (χ3v) is 6.48. The minimum Gasteiger partial charge on any atom is -0.497 e. The van der Waals surface area contributed by atoms with Gasteiger partial charge in [0.2, 0.25) is 15.9 Å². The topological polar surface area (TPSA) is 84.9 Å². The molecule has 9 heteroatoms. The molecule has 1 aliphatic heterocycles. The SMILES string of the molecule is COc1ccc2c(c1)OC(C)(C)C[C@@H]2NC(=O)CCCN(c1ccccc1F)S(C)(=O)=O. The van der Waals surface area contributed by atoms with Crippen LogP contribution >= 0.6 is 0 Å². The molecule has 1 N–H and O–H groups in total. The Morgan fingerprint density at radius 3 is 2.66 bits per heavy atom. The molecule has 0 radical (unpaired) electrons. The number of carbonyl (C=O) groups excluding carboxylic acids is 1. The highest BCUT2D eigenvalue weighted by Crippen LogP contribution is 2.41. The van der Waals surface area contributed by atoms with E-state index < -0.39 is 21.4 Å². The van der Waals surface area contributed by atoms with E-state index >= 15 is 0 Å². The molecule has 0 aromatic heterocycles. The summed E-state index contributed by atoms with van der Waals surface area (Å²) in [6.07, 6.45) is 1.96. The van der Waals surface area contributed by atoms with Crippen molar-refractivity contribution in [1.82, 2.24) is 5.32 Å². The number of methoxy groups -OCH3 is 1. The number of sulfonamides is 1. The molecule has 1 amide bonds. The van der Waals surface area contributed by atoms with Crippen LogP contribution in [0, 0.1) is 5.82 Å². The monoisotopic (exact) mass is 464 g/mol. The third kappa shape index (κ3) is 5.70. The van der Waals surface area contributed by atoms with Crippen LogP contribution in [0.3, 0.4) is 0 Å². The summed E-state index contributed by atoms with van der Waals surface area (Å²) in [5.41, 5.74) is 0.363. The molecule has 32 heavy (non-hydrogen) atoms. The average molecular weight is 465 g/mol. The van der Waals surface area contributed by atoms with Gasteiger partial charge in [-0.15, -0.1) is 0 Å². The number of ether oxygens (including phenoxy) is 2. The second-order valence-corrected chi connectivity index (χ2v) is 10.4. The lowest BCUT2D eigenvalue weighted by molar-refractivity contribution is -0.122. The third-order valence-electron chi connectivity index (χ3n) is 5.30. The molecule has 2 aromatic rings. The van der Waals surface area contributed by atoms with Crippen LogP contribution in [0.15, 0.2) is 42.5 Å². The number of nitrogens with zero attached hydrogens (tertiary/aromatic N) is 1. The second kappa shape index (κ2) is 9.36. The van der Waals surface area contributed by atoms with Gasteiger partial charge in [0.15, 0.2) is 0 Å². The predicted octanol–water partition coefficient (Wildman–Crippen LogP) is 3.80. The van der Waals surface area contributed by atoms with Crippen LogP contribution in [0.25, 0.3) is 0 Å². The van der Waals surface area contributed by atoms with Crippen LogP contribution < -0.4 is 19.1 Å². The standard InChI is InChI=1S/C23H29FN2O5S/c1-23(2)15-19(17-12-11-16(30-3)14-21(17)31-23)25-22(27)10-7-13-26(32(4,28)29)20-9-6-5-8-18(20)24/h5-6,8-9,11-12,14,19H,7,10,13,15H2,1-4H3,(H,25,27)/t19-/m0/s1. The highest BCUT2D eigenvalue weighted by Gasteiger charge is 2.34. The van der Waals surface area contributed by atoms with Gasteiger partial charge < -0.3 is 14.8 Å². The molecular weight excluding hydrogens is 435 g/mol. The average Bonchev–Trinajstić information content (AvgIpc) is 2.69. The summed E-state index contributed by atoms with van der Waals surface area (Å²) in [5.74, 6) is 0.490. The quantitative estimate of drug-likeness (QED) is 0.642. The van der Waals surface area contributed by atoms with E-state index in [2.05, 4.69) is 5.32 Å². The van der Waals surface area contributed by atoms with Crippen molar-refractivity contribution in [2.75, 3.05) is 24.2 Å². The van der Waals surface area contributed by atoms with Crippen LogP contribution in [0.4, 0.5) is 10.1 Å². The summed E-state index contributed by atoms with van der Waals surface area (Å²) in [5, 5.41) is 3.03. The smallest absolute Gasteiger partial charge is 0.232 e. The van der Waals surface area contributed by atoms with Gasteiger partial charge in [0.1, 0.15) is 22.9 Å². The van der Waals surface area contributed by atoms with Crippen LogP contribution in [0.5, 0.6) is 11.5 Å². The first kappa shape index (κ1) is 23.8. The number of fused-ring (bicyclic) bond motifs is 1. The zero-order valence-corrected chi connectivity index (χ0v) is 19.5. The number of anilines is 1. The molecule has 174 valence electrons. The first-order valence-electron chi connectivity index (χ1n) is 10.4. The van der Waals surface area contributed by atoms with Crippen molar-refractivity contribution < 1.29 is 27.1 Å². The number of hydrogen-bond acceptors (Lipinski definition) is 5. The Labute approximate surface area is 188 Å². The van der Waals surface area contributed by atoms with Gasteiger partial charge in [0, 0.05) is 31.0 Å². The van der Waals surface area contributed by atoms with Gasteiger partial charge in [-0.25, -0.2) is 12.8 Å². The first-order valence-corrected chi connectivity index (χ1v) is 12.2. The molecular formula is C23H29FN2O5S. The number of halogens is 1. The van der Waals surface area contributed by atoms with Crippen LogP contribution in [-0.2, 0) is 14.8 Å². The molecule has 0 saturated carbocycles. The minimum absolute atomic E-state index is 0.000241. The molecule has 1 heterocycles. The van der Waals surface area contributed by atoms with Crippen molar-refractivity contribution in [3.8, 4) is 11.5 Å². The van der Waals surface area contributed by atoms with Gasteiger partial charge in [-0.2, -0.15) is 0 Å². The summed E-state index contributed by atoms with van der Waals surface area (Å²) in [7, 11) is -2.11. The van der Waals surface area contributed by atoms with Gasteiger partial charge >= 0.3 is 0 Å². The maximum absolute atomic E-state index is 14.1. The summed E-state index contributed by atoms with van der Waals surface area (Å²) < 4.78 is 50.8. The maximum Gasteiger partial charge on any atom is 0.232 e. The molecule has 0 saturated heterocycles. The van der Waals surface area contributed by atoms with Gasteiger partial charge in [-0.3, -0.25) is 9.10 Å². The maximum atomic E-state index is 14.1. The lowest BCUT2D eigenvalue weighted by Crippen LogP contribution is -2.41. The minimum atomic E-state index is -3.69. The Balaban J connectivity index is 1.66. The molecule has 0 bridgehead atoms. The number of nitrogens with one attached hydrogen (secondary N) is 1. The highest BCUT2D eigenvalue weighted by atomic mass is 32.2. The number of carbonyl (C=O) groups is 1. The molecule has 1 aliphatic rings. The summed E-state index contributed by atoms with van der Waals surface area (Å²) in [6.45, 7) is 3.90. The van der Waals surface area contributed by atoms with Crippen molar-refractivity contribution >= 4 is 21.6 Å². The summed E-state index contributed by atoms with van der Waals surface area (Å²) >= 11 is 0. The van der Waals surface area contributed by atoms with Crippen LogP contribution in [0.2, 0.25) is 0 Å². The Bertz CT molecular complexity index is 1090. The van der Waals surface area contributed by atoms with Crippen molar-refractivity contribution in [3.63, 3.8) is 0 Å². The van der Waals surface area contributed by atoms with Crippen LogP contribution in [0.1, 0.15) is 44.7 Å². The molecule has 2 aromatic carbocycles. The van der Waals surface area contributed by atoms with Gasteiger partial charge in [-0.1, -0.05) is 12.1 Å². The van der Waals surface area contributed by atoms with E-state index in [1.165, 1.54) is 18.2 Å². The Morgan fingerprint density at radius 2 is 2.00 bits per heavy atom. The number of rotatable bonds is 8. The zero-order valence-electron chi connectivity index (χ0n) is 18.7. The van der Waals surface area contributed by atoms with Gasteiger partial charge in [-0.05, 0) is 44.5 Å². The van der Waals surface area contributed by atoms with E-state index in [0.717, 1.165) is 16.1 Å². The van der Waals surface area contributed by atoms with E-state index in [0.29, 0.717) is 17.9 Å². The van der Waals surface area contributed by atoms with Gasteiger partial charge in [0.25, 0.3) is 0 Å². The fourth-order valence-corrected chi connectivity index (χ4v) is 4.82. The van der Waals surface area contributed by atoms with Crippen molar-refractivity contribution in [3.05, 3.63) is 53.8 Å². The van der Waals surface area contributed by atoms with E-state index in [1.807, 2.05) is 26.0 Å². The van der Waals surface area contributed by atoms with E-state index in [1.54, 1.807) is 19.2 Å². The molecule has 7 nitrogen and oxygen atoms in total. The molecule has 1 atom stereocenters. The van der Waals surface area contributed by atoms with Crippen molar-refractivity contribution in [2.45, 2.75) is 44.8 Å². The van der Waals surface area contributed by atoms with Gasteiger partial charge in [0.05, 0.1) is 25.1 Å². The molecule has 3 rings (SSSR count). The molecule has 0 fully saturated rings. The fraction of sp³-hybridized carbons (Fsp3) is 0.435. The Hall–Kier alpha value is -2.81. The molecule has 0 aliphatic carbocycles. The fourth-order valence-electron chi connectivity index (χ4n) is 3.86. The van der Waals surface area contributed by atoms with E-state index in [9.17, 15) is 17.6 Å². The van der Waals surface area contributed by atoms with Crippen LogP contribution in [-0.4, -0.2) is 39.8 Å². The molecule has 0 unspecified atom stereocenters. The van der Waals surface area contributed by atoms with E-state index in [-0.39, 0.29) is 37.0 Å².